The molecule has 22 heavy (non-hydrogen) atoms. The minimum Gasteiger partial charge on any atom is -0.504 e. The van der Waals surface area contributed by atoms with Gasteiger partial charge in [-0.25, -0.2) is 0 Å². The number of phenols is 1. The van der Waals surface area contributed by atoms with E-state index >= 15 is 0 Å². The molecular weight excluding hydrogens is 280 g/mol. The molecule has 0 spiro atoms. The van der Waals surface area contributed by atoms with Crippen LogP contribution in [0.5, 0.6) is 11.5 Å². The minimum absolute atomic E-state index is 0.0661. The highest BCUT2D eigenvalue weighted by atomic mass is 16.5. The zero-order valence-corrected chi connectivity index (χ0v) is 11.9. The van der Waals surface area contributed by atoms with Crippen molar-refractivity contribution in [2.75, 3.05) is 12.5 Å². The summed E-state index contributed by atoms with van der Waals surface area (Å²) in [5, 5.41) is 23.7. The van der Waals surface area contributed by atoms with Gasteiger partial charge in [0.05, 0.1) is 19.5 Å². The molecule has 2 N–H and O–H groups in total. The third-order valence-electron chi connectivity index (χ3n) is 3.16. The summed E-state index contributed by atoms with van der Waals surface area (Å²) in [6.07, 6.45) is 3.29. The molecule has 6 nitrogen and oxygen atoms in total. The van der Waals surface area contributed by atoms with E-state index in [9.17, 15) is 5.11 Å². The van der Waals surface area contributed by atoms with E-state index < -0.39 is 0 Å². The zero-order valence-electron chi connectivity index (χ0n) is 11.9. The molecule has 2 aromatic carbocycles. The van der Waals surface area contributed by atoms with E-state index in [0.29, 0.717) is 11.6 Å². The van der Waals surface area contributed by atoms with Crippen LogP contribution in [0.25, 0.3) is 10.8 Å². The van der Waals surface area contributed by atoms with Gasteiger partial charge in [0.15, 0.2) is 17.3 Å². The number of anilines is 1. The second-order valence-corrected chi connectivity index (χ2v) is 4.58. The van der Waals surface area contributed by atoms with Gasteiger partial charge in [0, 0.05) is 10.8 Å². The van der Waals surface area contributed by atoms with E-state index in [4.69, 9.17) is 4.74 Å². The predicted octanol–water partition coefficient (Wildman–Crippen LogP) is 2.79. The van der Waals surface area contributed by atoms with Crippen molar-refractivity contribution in [2.24, 2.45) is 5.10 Å². The molecule has 0 aliphatic carbocycles. The Balaban J connectivity index is 1.80. The number of aromatic hydroxyl groups is 1. The number of hydrogen-bond donors (Lipinski definition) is 2. The van der Waals surface area contributed by atoms with Crippen LogP contribution < -0.4 is 10.2 Å². The fraction of sp³-hybridized carbons (Fsp3) is 0.0625. The molecule has 3 aromatic rings. The monoisotopic (exact) mass is 294 g/mol. The molecule has 0 aliphatic heterocycles. The zero-order chi connectivity index (χ0) is 15.4. The Labute approximate surface area is 127 Å². The summed E-state index contributed by atoms with van der Waals surface area (Å²) in [5.41, 5.74) is 3.60. The van der Waals surface area contributed by atoms with Crippen LogP contribution in [0.1, 0.15) is 5.56 Å². The van der Waals surface area contributed by atoms with Crippen LogP contribution >= 0.6 is 0 Å². The van der Waals surface area contributed by atoms with Crippen LogP contribution in [0.15, 0.2) is 53.8 Å². The van der Waals surface area contributed by atoms with Crippen LogP contribution in [0.4, 0.5) is 5.82 Å². The van der Waals surface area contributed by atoms with Gasteiger partial charge in [-0.1, -0.05) is 24.3 Å². The van der Waals surface area contributed by atoms with Crippen molar-refractivity contribution in [3.63, 3.8) is 0 Å². The first-order chi connectivity index (χ1) is 10.8. The molecule has 0 bridgehead atoms. The highest BCUT2D eigenvalue weighted by molar-refractivity contribution is 5.91. The number of hydrazone groups is 1. The molecule has 0 fully saturated rings. The van der Waals surface area contributed by atoms with E-state index in [1.807, 2.05) is 24.3 Å². The summed E-state index contributed by atoms with van der Waals surface area (Å²) in [6.45, 7) is 0. The Hall–Kier alpha value is -3.15. The summed E-state index contributed by atoms with van der Waals surface area (Å²) >= 11 is 0. The first-order valence-electron chi connectivity index (χ1n) is 6.64. The number of ether oxygens (including phenoxy) is 1. The summed E-state index contributed by atoms with van der Waals surface area (Å²) in [4.78, 5) is 0. The minimum atomic E-state index is 0.0661. The van der Waals surface area contributed by atoms with Gasteiger partial charge in [-0.05, 0) is 23.8 Å². The maximum Gasteiger partial charge on any atom is 0.176 e. The summed E-state index contributed by atoms with van der Waals surface area (Å²) in [6, 6.07) is 12.8. The van der Waals surface area contributed by atoms with Crippen LogP contribution in [0.2, 0.25) is 0 Å². The number of rotatable bonds is 4. The number of nitrogens with one attached hydrogen (secondary N) is 1. The average Bonchev–Trinajstić information content (AvgIpc) is 2.55. The topological polar surface area (TPSA) is 79.6 Å². The van der Waals surface area contributed by atoms with Gasteiger partial charge in [0.1, 0.15) is 0 Å². The van der Waals surface area contributed by atoms with Crippen molar-refractivity contribution in [2.45, 2.75) is 0 Å². The van der Waals surface area contributed by atoms with E-state index in [2.05, 4.69) is 20.7 Å². The lowest BCUT2D eigenvalue weighted by atomic mass is 10.2. The second kappa shape index (κ2) is 6.09. The van der Waals surface area contributed by atoms with E-state index in [-0.39, 0.29) is 5.75 Å². The molecule has 1 aromatic heterocycles. The van der Waals surface area contributed by atoms with Gasteiger partial charge in [0.25, 0.3) is 0 Å². The van der Waals surface area contributed by atoms with Crippen molar-refractivity contribution >= 4 is 22.8 Å². The average molecular weight is 294 g/mol. The van der Waals surface area contributed by atoms with Gasteiger partial charge in [-0.3, -0.25) is 5.43 Å². The van der Waals surface area contributed by atoms with Crippen molar-refractivity contribution in [1.82, 2.24) is 10.2 Å². The summed E-state index contributed by atoms with van der Waals surface area (Å²) < 4.78 is 4.99. The summed E-state index contributed by atoms with van der Waals surface area (Å²) in [7, 11) is 1.50. The molecule has 0 saturated carbocycles. The van der Waals surface area contributed by atoms with Crippen molar-refractivity contribution in [3.8, 4) is 11.5 Å². The number of methoxy groups -OCH3 is 1. The third kappa shape index (κ3) is 2.80. The van der Waals surface area contributed by atoms with Gasteiger partial charge >= 0.3 is 0 Å². The highest BCUT2D eigenvalue weighted by Crippen LogP contribution is 2.25. The van der Waals surface area contributed by atoms with E-state index in [0.717, 1.165) is 16.3 Å². The van der Waals surface area contributed by atoms with Crippen LogP contribution in [-0.4, -0.2) is 28.6 Å². The molecule has 0 atom stereocenters. The molecule has 110 valence electrons. The van der Waals surface area contributed by atoms with E-state index in [1.54, 1.807) is 30.6 Å². The van der Waals surface area contributed by atoms with Gasteiger partial charge in [-0.2, -0.15) is 10.2 Å². The predicted molar refractivity (Wildman–Crippen MR) is 85.4 cm³/mol. The first kappa shape index (κ1) is 13.8. The SMILES string of the molecule is COc1ccc(/C=N\Nc2nncc3ccccc23)cc1O. The normalized spacial score (nSPS) is 11.0. The lowest BCUT2D eigenvalue weighted by Gasteiger charge is -2.04. The summed E-state index contributed by atoms with van der Waals surface area (Å²) in [5.74, 6) is 1.06. The van der Waals surface area contributed by atoms with Crippen LogP contribution in [-0.2, 0) is 0 Å². The molecule has 6 heteroatoms. The lowest BCUT2D eigenvalue weighted by molar-refractivity contribution is 0.373. The molecule has 0 saturated heterocycles. The molecule has 0 amide bonds. The largest absolute Gasteiger partial charge is 0.504 e. The number of fused-ring (bicyclic) bond motifs is 1. The maximum atomic E-state index is 9.72. The molecule has 0 unspecified atom stereocenters. The Bertz CT molecular complexity index is 828. The first-order valence-corrected chi connectivity index (χ1v) is 6.64. The highest BCUT2D eigenvalue weighted by Gasteiger charge is 2.02. The number of phenolic OH excluding ortho intramolecular Hbond substituents is 1. The van der Waals surface area contributed by atoms with Crippen LogP contribution in [0.3, 0.4) is 0 Å². The Morgan fingerprint density at radius 1 is 1.23 bits per heavy atom. The van der Waals surface area contributed by atoms with Crippen molar-refractivity contribution in [3.05, 3.63) is 54.2 Å². The lowest BCUT2D eigenvalue weighted by Crippen LogP contribution is -1.96. The van der Waals surface area contributed by atoms with E-state index in [1.165, 1.54) is 7.11 Å². The Kier molecular flexibility index (Phi) is 3.82. The molecular formula is C16H14N4O2. The fourth-order valence-corrected chi connectivity index (χ4v) is 2.07. The Morgan fingerprint density at radius 3 is 2.91 bits per heavy atom. The maximum absolute atomic E-state index is 9.72. The molecule has 3 rings (SSSR count). The standard InChI is InChI=1S/C16H14N4O2/c1-22-15-7-6-11(8-14(15)21)9-17-19-16-13-5-3-2-4-12(13)10-18-20-16/h2-10,21H,1H3,(H,19,20)/b17-9-. The quantitative estimate of drug-likeness (QED) is 0.571. The van der Waals surface area contributed by atoms with Gasteiger partial charge < -0.3 is 9.84 Å². The third-order valence-corrected chi connectivity index (χ3v) is 3.16. The van der Waals surface area contributed by atoms with Gasteiger partial charge in [-0.15, -0.1) is 5.10 Å². The fourth-order valence-electron chi connectivity index (χ4n) is 2.07. The van der Waals surface area contributed by atoms with Gasteiger partial charge in [0.2, 0.25) is 0 Å². The number of benzene rings is 2. The Morgan fingerprint density at radius 2 is 2.09 bits per heavy atom. The smallest absolute Gasteiger partial charge is 0.176 e. The van der Waals surface area contributed by atoms with Crippen molar-refractivity contribution < 1.29 is 9.84 Å². The number of nitrogens with zero attached hydrogens (tertiary/aromatic N) is 3. The van der Waals surface area contributed by atoms with Crippen LogP contribution in [0, 0.1) is 0 Å². The molecule has 1 heterocycles. The second-order valence-electron chi connectivity index (χ2n) is 4.58. The number of aromatic nitrogens is 2. The number of hydrogen-bond acceptors (Lipinski definition) is 6. The molecule has 0 aliphatic rings. The van der Waals surface area contributed by atoms with Crippen molar-refractivity contribution in [1.29, 1.82) is 0 Å². The molecule has 0 radical (unpaired) electrons.